The quantitative estimate of drug-likeness (QED) is 0.647. The first-order valence-corrected chi connectivity index (χ1v) is 9.72. The minimum absolute atomic E-state index is 0.0247. The zero-order valence-electron chi connectivity index (χ0n) is 16.3. The van der Waals surface area contributed by atoms with E-state index in [9.17, 15) is 4.79 Å². The lowest BCUT2D eigenvalue weighted by Gasteiger charge is -2.24. The Balaban J connectivity index is 1.46. The summed E-state index contributed by atoms with van der Waals surface area (Å²) in [5.74, 6) is 0.903. The molecule has 1 saturated heterocycles. The van der Waals surface area contributed by atoms with Gasteiger partial charge in [0.2, 0.25) is 0 Å². The normalized spacial score (nSPS) is 16.4. The minimum atomic E-state index is -0.257. The van der Waals surface area contributed by atoms with Crippen LogP contribution in [0, 0.1) is 13.8 Å². The number of hydrogen-bond donors (Lipinski definition) is 0. The number of amides is 1. The molecule has 0 spiro atoms. The molecule has 1 fully saturated rings. The Labute approximate surface area is 165 Å². The van der Waals surface area contributed by atoms with Crippen LogP contribution >= 0.6 is 0 Å². The Morgan fingerprint density at radius 2 is 1.82 bits per heavy atom. The van der Waals surface area contributed by atoms with E-state index in [2.05, 4.69) is 41.6 Å². The molecule has 0 radical (unpaired) electrons. The van der Waals surface area contributed by atoms with Crippen LogP contribution in [0.25, 0.3) is 5.82 Å². The van der Waals surface area contributed by atoms with Crippen LogP contribution in [0.4, 0.5) is 4.79 Å². The Morgan fingerprint density at radius 3 is 2.50 bits per heavy atom. The molecule has 1 atom stereocenters. The lowest BCUT2D eigenvalue weighted by atomic mass is 10.1. The first kappa shape index (κ1) is 18.3. The summed E-state index contributed by atoms with van der Waals surface area (Å²) >= 11 is 0. The monoisotopic (exact) mass is 375 g/mol. The molecule has 144 valence electrons. The van der Waals surface area contributed by atoms with Crippen molar-refractivity contribution in [1.29, 1.82) is 0 Å². The summed E-state index contributed by atoms with van der Waals surface area (Å²) in [5, 5.41) is 0. The average Bonchev–Trinajstić information content (AvgIpc) is 3.34. The Kier molecular flexibility index (Phi) is 5.15. The molecule has 4 rings (SSSR count). The van der Waals surface area contributed by atoms with E-state index in [1.807, 2.05) is 47.5 Å². The lowest BCUT2D eigenvalue weighted by Crippen LogP contribution is -2.31. The molecule has 1 aliphatic rings. The highest BCUT2D eigenvalue weighted by molar-refractivity contribution is 5.68. The topological polar surface area (TPSA) is 47.4 Å². The Bertz CT molecular complexity index is 928. The zero-order chi connectivity index (χ0) is 19.5. The van der Waals surface area contributed by atoms with Crippen LogP contribution in [0.2, 0.25) is 0 Å². The summed E-state index contributed by atoms with van der Waals surface area (Å²) in [4.78, 5) is 19.1. The molecule has 0 bridgehead atoms. The van der Waals surface area contributed by atoms with E-state index in [0.29, 0.717) is 6.61 Å². The van der Waals surface area contributed by atoms with Gasteiger partial charge in [-0.25, -0.2) is 9.78 Å². The van der Waals surface area contributed by atoms with E-state index in [0.717, 1.165) is 47.7 Å². The number of aryl methyl sites for hydroxylation is 2. The zero-order valence-corrected chi connectivity index (χ0v) is 16.3. The van der Waals surface area contributed by atoms with Gasteiger partial charge in [-0.1, -0.05) is 36.4 Å². The van der Waals surface area contributed by atoms with Gasteiger partial charge in [-0.2, -0.15) is 0 Å². The third kappa shape index (κ3) is 3.65. The summed E-state index contributed by atoms with van der Waals surface area (Å²) in [6, 6.07) is 18.1. The molecule has 0 N–H and O–H groups in total. The highest BCUT2D eigenvalue weighted by atomic mass is 16.6. The molecule has 0 aliphatic carbocycles. The van der Waals surface area contributed by atoms with Crippen molar-refractivity contribution in [3.63, 3.8) is 0 Å². The van der Waals surface area contributed by atoms with Crippen LogP contribution in [-0.2, 0) is 11.3 Å². The van der Waals surface area contributed by atoms with Crippen LogP contribution < -0.4 is 0 Å². The molecule has 3 aromatic rings. The van der Waals surface area contributed by atoms with Crippen LogP contribution in [-0.4, -0.2) is 27.1 Å². The van der Waals surface area contributed by atoms with Crippen molar-refractivity contribution in [3.8, 4) is 5.82 Å². The summed E-state index contributed by atoms with van der Waals surface area (Å²) in [6.07, 6.45) is 3.54. The fraction of sp³-hybridized carbons (Fsp3) is 0.304. The smallest absolute Gasteiger partial charge is 0.410 e. The van der Waals surface area contributed by atoms with Crippen LogP contribution in [0.5, 0.6) is 0 Å². The maximum absolute atomic E-state index is 12.6. The van der Waals surface area contributed by atoms with Crippen LogP contribution in [0.1, 0.15) is 41.4 Å². The SMILES string of the molecule is Cc1ccc(C)n1-c1ccc([C@H]2CCCN2C(=O)OCc2ccccc2)cn1. The largest absolute Gasteiger partial charge is 0.445 e. The van der Waals surface area contributed by atoms with E-state index in [1.165, 1.54) is 0 Å². The van der Waals surface area contributed by atoms with Crippen molar-refractivity contribution in [3.05, 3.63) is 83.3 Å². The molecule has 5 nitrogen and oxygen atoms in total. The number of pyridine rings is 1. The molecule has 1 amide bonds. The average molecular weight is 375 g/mol. The summed E-state index contributed by atoms with van der Waals surface area (Å²) < 4.78 is 7.67. The van der Waals surface area contributed by atoms with Crippen molar-refractivity contribution in [1.82, 2.24) is 14.5 Å². The third-order valence-corrected chi connectivity index (χ3v) is 5.35. The van der Waals surface area contributed by atoms with Gasteiger partial charge in [-0.15, -0.1) is 0 Å². The van der Waals surface area contributed by atoms with Crippen LogP contribution in [0.3, 0.4) is 0 Å². The predicted molar refractivity (Wildman–Crippen MR) is 108 cm³/mol. The fourth-order valence-electron chi connectivity index (χ4n) is 3.89. The maximum atomic E-state index is 12.6. The second kappa shape index (κ2) is 7.89. The first-order chi connectivity index (χ1) is 13.6. The van der Waals surface area contributed by atoms with E-state index < -0.39 is 0 Å². The standard InChI is InChI=1S/C23H25N3O2/c1-17-10-11-18(2)26(17)22-13-12-20(15-24-22)21-9-6-14-25(21)23(27)28-16-19-7-4-3-5-8-19/h3-5,7-8,10-13,15,21H,6,9,14,16H2,1-2H3/t21-/m1/s1. The highest BCUT2D eigenvalue weighted by Gasteiger charge is 2.31. The molecule has 0 saturated carbocycles. The van der Waals surface area contributed by atoms with Gasteiger partial charge in [-0.05, 0) is 56.0 Å². The number of nitrogens with zero attached hydrogens (tertiary/aromatic N) is 3. The van der Waals surface area contributed by atoms with Crippen LogP contribution in [0.15, 0.2) is 60.8 Å². The van der Waals surface area contributed by atoms with Crippen molar-refractivity contribution in [2.24, 2.45) is 0 Å². The van der Waals surface area contributed by atoms with Gasteiger partial charge >= 0.3 is 6.09 Å². The minimum Gasteiger partial charge on any atom is -0.445 e. The number of carbonyl (C=O) groups is 1. The first-order valence-electron chi connectivity index (χ1n) is 9.72. The van der Waals surface area contributed by atoms with Gasteiger partial charge in [0.05, 0.1) is 6.04 Å². The number of likely N-dealkylation sites (tertiary alicyclic amines) is 1. The van der Waals surface area contributed by atoms with E-state index in [1.54, 1.807) is 0 Å². The number of aromatic nitrogens is 2. The summed E-state index contributed by atoms with van der Waals surface area (Å²) in [6.45, 7) is 5.16. The molecule has 5 heteroatoms. The van der Waals surface area contributed by atoms with Gasteiger partial charge in [0.15, 0.2) is 0 Å². The van der Waals surface area contributed by atoms with Gasteiger partial charge in [0.25, 0.3) is 0 Å². The Morgan fingerprint density at radius 1 is 1.07 bits per heavy atom. The van der Waals surface area contributed by atoms with E-state index in [4.69, 9.17) is 4.74 Å². The molecule has 28 heavy (non-hydrogen) atoms. The van der Waals surface area contributed by atoms with Crippen molar-refractivity contribution >= 4 is 6.09 Å². The van der Waals surface area contributed by atoms with E-state index >= 15 is 0 Å². The molecule has 2 aromatic heterocycles. The molecule has 1 aliphatic heterocycles. The summed E-state index contributed by atoms with van der Waals surface area (Å²) in [5.41, 5.74) is 4.37. The molecular formula is C23H25N3O2. The van der Waals surface area contributed by atoms with Gasteiger partial charge < -0.3 is 14.2 Å². The third-order valence-electron chi connectivity index (χ3n) is 5.35. The van der Waals surface area contributed by atoms with Crippen molar-refractivity contribution < 1.29 is 9.53 Å². The fourth-order valence-corrected chi connectivity index (χ4v) is 3.89. The molecular weight excluding hydrogens is 350 g/mol. The molecule has 3 heterocycles. The second-order valence-corrected chi connectivity index (χ2v) is 7.29. The predicted octanol–water partition coefficient (Wildman–Crippen LogP) is 4.96. The molecule has 1 aromatic carbocycles. The van der Waals surface area contributed by atoms with E-state index in [-0.39, 0.29) is 12.1 Å². The lowest BCUT2D eigenvalue weighted by molar-refractivity contribution is 0.0920. The van der Waals surface area contributed by atoms with Crippen molar-refractivity contribution in [2.75, 3.05) is 6.54 Å². The number of benzene rings is 1. The number of ether oxygens (including phenoxy) is 1. The summed E-state index contributed by atoms with van der Waals surface area (Å²) in [7, 11) is 0. The Hall–Kier alpha value is -3.08. The number of rotatable bonds is 4. The highest BCUT2D eigenvalue weighted by Crippen LogP contribution is 2.32. The van der Waals surface area contributed by atoms with Gasteiger partial charge in [-0.3, -0.25) is 0 Å². The second-order valence-electron chi connectivity index (χ2n) is 7.29. The number of carbonyl (C=O) groups excluding carboxylic acids is 1. The maximum Gasteiger partial charge on any atom is 0.410 e. The van der Waals surface area contributed by atoms with Gasteiger partial charge in [0.1, 0.15) is 12.4 Å². The number of hydrogen-bond acceptors (Lipinski definition) is 3. The van der Waals surface area contributed by atoms with Crippen molar-refractivity contribution in [2.45, 2.75) is 39.3 Å². The van der Waals surface area contributed by atoms with Gasteiger partial charge in [0, 0.05) is 24.1 Å². The molecule has 0 unspecified atom stereocenters.